The lowest BCUT2D eigenvalue weighted by atomic mass is 9.90. The Hall–Kier alpha value is -1.82. The van der Waals surface area contributed by atoms with Crippen LogP contribution in [-0.2, 0) is 16.1 Å². The normalized spacial score (nSPS) is 24.7. The van der Waals surface area contributed by atoms with Gasteiger partial charge in [-0.05, 0) is 25.0 Å². The molecule has 2 heterocycles. The molecule has 1 saturated carbocycles. The Morgan fingerprint density at radius 3 is 3.05 bits per heavy atom. The lowest BCUT2D eigenvalue weighted by Crippen LogP contribution is -2.55. The first-order chi connectivity index (χ1) is 10.7. The van der Waals surface area contributed by atoms with Crippen LogP contribution in [0.5, 0.6) is 5.75 Å². The van der Waals surface area contributed by atoms with Crippen LogP contribution in [0.2, 0.25) is 0 Å². The Balaban J connectivity index is 1.75. The van der Waals surface area contributed by atoms with Gasteiger partial charge in [0.25, 0.3) is 5.56 Å². The minimum absolute atomic E-state index is 0.0180. The third-order valence-electron chi connectivity index (χ3n) is 4.56. The third-order valence-corrected chi connectivity index (χ3v) is 4.56. The number of fused-ring (bicyclic) bond motifs is 1. The number of ether oxygens (including phenoxy) is 2. The zero-order chi connectivity index (χ0) is 15.5. The smallest absolute Gasteiger partial charge is 0.293 e. The zero-order valence-electron chi connectivity index (χ0n) is 12.9. The first-order valence-corrected chi connectivity index (χ1v) is 7.85. The maximum Gasteiger partial charge on any atom is 0.293 e. The van der Waals surface area contributed by atoms with Gasteiger partial charge in [-0.2, -0.15) is 0 Å². The summed E-state index contributed by atoms with van der Waals surface area (Å²) in [4.78, 5) is 26.7. The van der Waals surface area contributed by atoms with E-state index in [9.17, 15) is 9.59 Å². The van der Waals surface area contributed by atoms with E-state index >= 15 is 0 Å². The average molecular weight is 306 g/mol. The summed E-state index contributed by atoms with van der Waals surface area (Å²) in [6.45, 7) is 1.25. The third kappa shape index (κ3) is 2.88. The number of carbonyl (C=O) groups is 1. The predicted octanol–water partition coefficient (Wildman–Crippen LogP) is 1.03. The van der Waals surface area contributed by atoms with Crippen molar-refractivity contribution < 1.29 is 14.3 Å². The molecule has 1 saturated heterocycles. The van der Waals surface area contributed by atoms with Crippen molar-refractivity contribution in [3.8, 4) is 5.75 Å². The van der Waals surface area contributed by atoms with Gasteiger partial charge in [-0.3, -0.25) is 9.59 Å². The van der Waals surface area contributed by atoms with Crippen LogP contribution >= 0.6 is 0 Å². The lowest BCUT2D eigenvalue weighted by Gasteiger charge is -2.43. The highest BCUT2D eigenvalue weighted by atomic mass is 16.5. The fraction of sp³-hybridized carbons (Fsp3) is 0.625. The Labute approximate surface area is 129 Å². The molecule has 0 aromatic carbocycles. The van der Waals surface area contributed by atoms with E-state index in [1.165, 1.54) is 18.1 Å². The molecule has 1 aromatic rings. The van der Waals surface area contributed by atoms with E-state index in [1.54, 1.807) is 18.3 Å². The second-order valence-electron chi connectivity index (χ2n) is 5.86. The molecule has 2 atom stereocenters. The molecule has 22 heavy (non-hydrogen) atoms. The van der Waals surface area contributed by atoms with Crippen molar-refractivity contribution in [1.82, 2.24) is 9.47 Å². The maximum atomic E-state index is 12.6. The SMILES string of the molecule is COc1cccn(CC(=O)N2CCO[C@@H]3CCCC[C@H]32)c1=O. The molecule has 1 aliphatic carbocycles. The second-order valence-corrected chi connectivity index (χ2v) is 5.86. The molecule has 120 valence electrons. The Bertz CT molecular complexity index is 596. The topological polar surface area (TPSA) is 60.8 Å². The standard InChI is InChI=1S/C16H22N2O4/c1-21-14-7-4-8-17(16(14)20)11-15(19)18-9-10-22-13-6-3-2-5-12(13)18/h4,7-8,12-13H,2-3,5-6,9-11H2,1H3/t12-,13-/m1/s1. The van der Waals surface area contributed by atoms with E-state index in [2.05, 4.69) is 0 Å². The molecule has 0 bridgehead atoms. The fourth-order valence-corrected chi connectivity index (χ4v) is 3.44. The molecule has 1 aromatic heterocycles. The number of hydrogen-bond acceptors (Lipinski definition) is 4. The van der Waals surface area contributed by atoms with Crippen molar-refractivity contribution in [3.63, 3.8) is 0 Å². The van der Waals surface area contributed by atoms with Crippen molar-refractivity contribution in [2.24, 2.45) is 0 Å². The molecule has 6 nitrogen and oxygen atoms in total. The van der Waals surface area contributed by atoms with Crippen LogP contribution in [0.3, 0.4) is 0 Å². The van der Waals surface area contributed by atoms with E-state index in [-0.39, 0.29) is 35.9 Å². The lowest BCUT2D eigenvalue weighted by molar-refractivity contribution is -0.150. The molecular weight excluding hydrogens is 284 g/mol. The summed E-state index contributed by atoms with van der Waals surface area (Å²) in [6.07, 6.45) is 6.10. The van der Waals surface area contributed by atoms with Gasteiger partial charge in [-0.15, -0.1) is 0 Å². The first kappa shape index (κ1) is 15.1. The van der Waals surface area contributed by atoms with Gasteiger partial charge in [0.05, 0.1) is 25.9 Å². The molecule has 1 amide bonds. The average Bonchev–Trinajstić information content (AvgIpc) is 2.56. The molecule has 0 radical (unpaired) electrons. The molecule has 3 rings (SSSR count). The summed E-state index contributed by atoms with van der Waals surface area (Å²) in [5.74, 6) is 0.239. The number of hydrogen-bond donors (Lipinski definition) is 0. The van der Waals surface area contributed by atoms with E-state index in [4.69, 9.17) is 9.47 Å². The van der Waals surface area contributed by atoms with Gasteiger partial charge in [0.2, 0.25) is 5.91 Å². The summed E-state index contributed by atoms with van der Waals surface area (Å²) in [7, 11) is 1.46. The number of methoxy groups -OCH3 is 1. The van der Waals surface area contributed by atoms with Crippen LogP contribution in [0.1, 0.15) is 25.7 Å². The summed E-state index contributed by atoms with van der Waals surface area (Å²) < 4.78 is 12.2. The molecule has 1 aliphatic heterocycles. The van der Waals surface area contributed by atoms with Crippen LogP contribution in [0, 0.1) is 0 Å². The first-order valence-electron chi connectivity index (χ1n) is 7.85. The Morgan fingerprint density at radius 2 is 2.23 bits per heavy atom. The fourth-order valence-electron chi connectivity index (χ4n) is 3.44. The van der Waals surface area contributed by atoms with Crippen molar-refractivity contribution in [2.45, 2.75) is 44.4 Å². The largest absolute Gasteiger partial charge is 0.491 e. The van der Waals surface area contributed by atoms with Crippen LogP contribution in [-0.4, -0.2) is 47.8 Å². The minimum Gasteiger partial charge on any atom is -0.491 e. The van der Waals surface area contributed by atoms with Gasteiger partial charge >= 0.3 is 0 Å². The summed E-state index contributed by atoms with van der Waals surface area (Å²) in [5.41, 5.74) is -0.271. The number of carbonyl (C=O) groups excluding carboxylic acids is 1. The van der Waals surface area contributed by atoms with Gasteiger partial charge in [0.1, 0.15) is 6.54 Å². The highest BCUT2D eigenvalue weighted by molar-refractivity contribution is 5.76. The van der Waals surface area contributed by atoms with E-state index in [0.717, 1.165) is 19.3 Å². The van der Waals surface area contributed by atoms with Gasteiger partial charge in [0, 0.05) is 12.7 Å². The number of nitrogens with zero attached hydrogens (tertiary/aromatic N) is 2. The number of morpholine rings is 1. The Morgan fingerprint density at radius 1 is 1.41 bits per heavy atom. The highest BCUT2D eigenvalue weighted by Crippen LogP contribution is 2.28. The summed E-state index contributed by atoms with van der Waals surface area (Å²) in [6, 6.07) is 3.49. The number of pyridine rings is 1. The molecule has 2 aliphatic rings. The molecule has 6 heteroatoms. The maximum absolute atomic E-state index is 12.6. The van der Waals surface area contributed by atoms with Crippen molar-refractivity contribution in [3.05, 3.63) is 28.7 Å². The minimum atomic E-state index is -0.271. The molecule has 0 N–H and O–H groups in total. The number of amides is 1. The van der Waals surface area contributed by atoms with Gasteiger partial charge in [-0.1, -0.05) is 12.8 Å². The Kier molecular flexibility index (Phi) is 4.47. The van der Waals surface area contributed by atoms with Crippen molar-refractivity contribution in [1.29, 1.82) is 0 Å². The van der Waals surface area contributed by atoms with Crippen molar-refractivity contribution >= 4 is 5.91 Å². The monoisotopic (exact) mass is 306 g/mol. The quantitative estimate of drug-likeness (QED) is 0.837. The van der Waals surface area contributed by atoms with Gasteiger partial charge in [0.15, 0.2) is 5.75 Å². The van der Waals surface area contributed by atoms with Crippen LogP contribution in [0.15, 0.2) is 23.1 Å². The van der Waals surface area contributed by atoms with E-state index in [1.807, 2.05) is 4.90 Å². The zero-order valence-corrected chi connectivity index (χ0v) is 12.9. The van der Waals surface area contributed by atoms with Gasteiger partial charge in [-0.25, -0.2) is 0 Å². The molecule has 0 spiro atoms. The van der Waals surface area contributed by atoms with Gasteiger partial charge < -0.3 is 18.9 Å². The molecule has 0 unspecified atom stereocenters. The second kappa shape index (κ2) is 6.52. The van der Waals surface area contributed by atoms with Crippen molar-refractivity contribution in [2.75, 3.05) is 20.3 Å². The summed E-state index contributed by atoms with van der Waals surface area (Å²) in [5, 5.41) is 0. The summed E-state index contributed by atoms with van der Waals surface area (Å²) >= 11 is 0. The van der Waals surface area contributed by atoms with Crippen LogP contribution in [0.25, 0.3) is 0 Å². The number of rotatable bonds is 3. The highest BCUT2D eigenvalue weighted by Gasteiger charge is 2.36. The van der Waals surface area contributed by atoms with E-state index < -0.39 is 0 Å². The molecule has 2 fully saturated rings. The van der Waals surface area contributed by atoms with Crippen LogP contribution < -0.4 is 10.3 Å². The predicted molar refractivity (Wildman–Crippen MR) is 81.0 cm³/mol. The molecular formula is C16H22N2O4. The number of aromatic nitrogens is 1. The van der Waals surface area contributed by atoms with E-state index in [0.29, 0.717) is 13.2 Å². The van der Waals surface area contributed by atoms with Crippen LogP contribution in [0.4, 0.5) is 0 Å².